The average molecular weight is 250 g/mol. The van der Waals surface area contributed by atoms with Gasteiger partial charge in [-0.3, -0.25) is 4.79 Å². The summed E-state index contributed by atoms with van der Waals surface area (Å²) in [6.07, 6.45) is -0.100. The molecule has 0 aliphatic heterocycles. The summed E-state index contributed by atoms with van der Waals surface area (Å²) in [7, 11) is 0. The Morgan fingerprint density at radius 3 is 2.56 bits per heavy atom. The molecule has 1 rings (SSSR count). The van der Waals surface area contributed by atoms with Crippen molar-refractivity contribution in [3.05, 3.63) is 40.8 Å². The van der Waals surface area contributed by atoms with E-state index in [-0.39, 0.29) is 0 Å². The number of ether oxygens (including phenoxy) is 1. The number of nitrogens with zero attached hydrogens (tertiary/aromatic N) is 1. The predicted molar refractivity (Wildman–Crippen MR) is 68.4 cm³/mol. The molecule has 0 heterocycles. The van der Waals surface area contributed by atoms with Crippen LogP contribution in [-0.4, -0.2) is 12.0 Å². The van der Waals surface area contributed by atoms with Crippen molar-refractivity contribution in [1.82, 2.24) is 5.43 Å². The maximum atomic E-state index is 11.6. The van der Waals surface area contributed by atoms with E-state index in [2.05, 4.69) is 5.29 Å². The van der Waals surface area contributed by atoms with Crippen LogP contribution in [0.25, 0.3) is 0 Å². The molecule has 5 heteroatoms. The third kappa shape index (κ3) is 5.05. The second-order valence-corrected chi connectivity index (χ2v) is 4.48. The second-order valence-electron chi connectivity index (χ2n) is 4.48. The summed E-state index contributed by atoms with van der Waals surface area (Å²) >= 11 is 0. The molecule has 0 aliphatic carbocycles. The lowest BCUT2D eigenvalue weighted by atomic mass is 10.1. The molecule has 0 saturated heterocycles. The van der Waals surface area contributed by atoms with Gasteiger partial charge in [0, 0.05) is 0 Å². The lowest BCUT2D eigenvalue weighted by molar-refractivity contribution is -0.134. The van der Waals surface area contributed by atoms with Crippen molar-refractivity contribution in [1.29, 1.82) is 0 Å². The summed E-state index contributed by atoms with van der Waals surface area (Å²) in [6, 6.07) is 9.56. The Kier molecular flexibility index (Phi) is 6.00. The molecule has 0 aromatic heterocycles. The van der Waals surface area contributed by atoms with Crippen LogP contribution < -0.4 is 5.43 Å². The molecule has 1 amide bonds. The van der Waals surface area contributed by atoms with E-state index in [0.717, 1.165) is 5.56 Å². The van der Waals surface area contributed by atoms with Gasteiger partial charge in [-0.2, -0.15) is 0 Å². The minimum atomic E-state index is -0.650. The molecular formula is C13H18N2O3. The van der Waals surface area contributed by atoms with E-state index >= 15 is 0 Å². The van der Waals surface area contributed by atoms with Crippen LogP contribution in [0.5, 0.6) is 0 Å². The topological polar surface area (TPSA) is 67.8 Å². The van der Waals surface area contributed by atoms with Gasteiger partial charge in [-0.05, 0) is 17.9 Å². The molecule has 0 bridgehead atoms. The molecule has 18 heavy (non-hydrogen) atoms. The van der Waals surface area contributed by atoms with Crippen LogP contribution in [0.4, 0.5) is 0 Å². The number of hydrogen-bond donors (Lipinski definition) is 1. The van der Waals surface area contributed by atoms with E-state index in [4.69, 9.17) is 4.74 Å². The van der Waals surface area contributed by atoms with Crippen molar-refractivity contribution in [2.45, 2.75) is 33.0 Å². The second kappa shape index (κ2) is 7.55. The van der Waals surface area contributed by atoms with E-state index in [1.54, 1.807) is 0 Å². The Morgan fingerprint density at radius 2 is 2.00 bits per heavy atom. The maximum absolute atomic E-state index is 11.6. The van der Waals surface area contributed by atoms with E-state index in [0.29, 0.717) is 18.9 Å². The molecule has 1 atom stereocenters. The van der Waals surface area contributed by atoms with Crippen LogP contribution in [0.15, 0.2) is 35.6 Å². The van der Waals surface area contributed by atoms with E-state index < -0.39 is 12.0 Å². The zero-order valence-electron chi connectivity index (χ0n) is 10.6. The van der Waals surface area contributed by atoms with Crippen LogP contribution in [-0.2, 0) is 16.1 Å². The SMILES string of the molecule is CC(C)CC(OCc1ccccc1)C(=O)NN=O. The third-order valence-electron chi connectivity index (χ3n) is 2.43. The molecule has 0 fully saturated rings. The Balaban J connectivity index is 2.55. The first-order valence-corrected chi connectivity index (χ1v) is 5.91. The van der Waals surface area contributed by atoms with E-state index in [1.165, 1.54) is 0 Å². The van der Waals surface area contributed by atoms with Gasteiger partial charge >= 0.3 is 0 Å². The number of benzene rings is 1. The Labute approximate surface area is 106 Å². The molecular weight excluding hydrogens is 232 g/mol. The van der Waals surface area contributed by atoms with Gasteiger partial charge in [0.1, 0.15) is 6.10 Å². The summed E-state index contributed by atoms with van der Waals surface area (Å²) < 4.78 is 5.54. The van der Waals surface area contributed by atoms with E-state index in [9.17, 15) is 9.70 Å². The van der Waals surface area contributed by atoms with E-state index in [1.807, 2.05) is 49.6 Å². The monoisotopic (exact) mass is 250 g/mol. The molecule has 0 aliphatic rings. The summed E-state index contributed by atoms with van der Waals surface area (Å²) in [5, 5.41) is 2.39. The zero-order chi connectivity index (χ0) is 13.4. The van der Waals surface area contributed by atoms with Crippen molar-refractivity contribution in [2.75, 3.05) is 0 Å². The normalized spacial score (nSPS) is 12.2. The Bertz CT molecular complexity index is 379. The fraction of sp³-hybridized carbons (Fsp3) is 0.462. The average Bonchev–Trinajstić information content (AvgIpc) is 2.35. The van der Waals surface area contributed by atoms with Gasteiger partial charge in [0.05, 0.1) is 11.9 Å². The number of nitrogens with one attached hydrogen (secondary N) is 1. The number of rotatable bonds is 7. The summed E-state index contributed by atoms with van der Waals surface area (Å²) in [5.41, 5.74) is 2.88. The quantitative estimate of drug-likeness (QED) is 0.597. The molecule has 98 valence electrons. The van der Waals surface area contributed by atoms with Crippen LogP contribution in [0.2, 0.25) is 0 Å². The summed E-state index contributed by atoms with van der Waals surface area (Å²) in [4.78, 5) is 21.6. The van der Waals surface area contributed by atoms with Crippen molar-refractivity contribution >= 4 is 5.91 Å². The molecule has 0 saturated carbocycles. The molecule has 1 aromatic rings. The molecule has 5 nitrogen and oxygen atoms in total. The van der Waals surface area contributed by atoms with Gasteiger partial charge in [0.15, 0.2) is 0 Å². The Morgan fingerprint density at radius 1 is 1.33 bits per heavy atom. The lowest BCUT2D eigenvalue weighted by Gasteiger charge is -2.17. The number of carbonyl (C=O) groups is 1. The number of carbonyl (C=O) groups excluding carboxylic acids is 1. The smallest absolute Gasteiger partial charge is 0.271 e. The van der Waals surface area contributed by atoms with Gasteiger partial charge in [0.2, 0.25) is 0 Å². The fourth-order valence-corrected chi connectivity index (χ4v) is 1.57. The predicted octanol–water partition coefficient (Wildman–Crippen LogP) is 2.42. The fourth-order valence-electron chi connectivity index (χ4n) is 1.57. The lowest BCUT2D eigenvalue weighted by Crippen LogP contribution is -2.34. The third-order valence-corrected chi connectivity index (χ3v) is 2.43. The molecule has 0 spiro atoms. The number of nitroso groups, excluding NO2 is 1. The molecule has 1 N–H and O–H groups in total. The van der Waals surface area contributed by atoms with Gasteiger partial charge in [-0.1, -0.05) is 44.2 Å². The zero-order valence-corrected chi connectivity index (χ0v) is 10.6. The van der Waals surface area contributed by atoms with Gasteiger partial charge < -0.3 is 4.74 Å². The highest BCUT2D eigenvalue weighted by Gasteiger charge is 2.20. The number of hydrogen-bond acceptors (Lipinski definition) is 4. The van der Waals surface area contributed by atoms with Crippen LogP contribution >= 0.6 is 0 Å². The number of amides is 1. The van der Waals surface area contributed by atoms with Crippen molar-refractivity contribution in [3.8, 4) is 0 Å². The Hall–Kier alpha value is -1.75. The van der Waals surface area contributed by atoms with Crippen molar-refractivity contribution in [3.63, 3.8) is 0 Å². The molecule has 0 radical (unpaired) electrons. The van der Waals surface area contributed by atoms with Crippen LogP contribution in [0.1, 0.15) is 25.8 Å². The molecule has 1 unspecified atom stereocenters. The first-order chi connectivity index (χ1) is 8.63. The minimum Gasteiger partial charge on any atom is -0.364 e. The van der Waals surface area contributed by atoms with Gasteiger partial charge in [0.25, 0.3) is 5.91 Å². The standard InChI is InChI=1S/C13H18N2O3/c1-10(2)8-12(13(16)14-15-17)18-9-11-6-4-3-5-7-11/h3-7,10,12H,8-9H2,1-2H3,(H,14,16,17). The highest BCUT2D eigenvalue weighted by Crippen LogP contribution is 2.11. The maximum Gasteiger partial charge on any atom is 0.271 e. The first kappa shape index (κ1) is 14.3. The largest absolute Gasteiger partial charge is 0.364 e. The van der Waals surface area contributed by atoms with Gasteiger partial charge in [-0.15, -0.1) is 4.91 Å². The molecule has 1 aromatic carbocycles. The first-order valence-electron chi connectivity index (χ1n) is 5.91. The highest BCUT2D eigenvalue weighted by atomic mass is 16.5. The minimum absolute atomic E-state index is 0.295. The highest BCUT2D eigenvalue weighted by molar-refractivity contribution is 5.80. The van der Waals surface area contributed by atoms with Crippen molar-refractivity contribution in [2.24, 2.45) is 11.2 Å². The van der Waals surface area contributed by atoms with Crippen LogP contribution in [0.3, 0.4) is 0 Å². The van der Waals surface area contributed by atoms with Crippen molar-refractivity contribution < 1.29 is 9.53 Å². The van der Waals surface area contributed by atoms with Crippen LogP contribution in [0, 0.1) is 10.8 Å². The summed E-state index contributed by atoms with van der Waals surface area (Å²) in [6.45, 7) is 4.31. The summed E-state index contributed by atoms with van der Waals surface area (Å²) in [5.74, 6) is -0.196. The van der Waals surface area contributed by atoms with Gasteiger partial charge in [-0.25, -0.2) is 5.43 Å².